The Morgan fingerprint density at radius 3 is 2.25 bits per heavy atom. The second-order valence-corrected chi connectivity index (χ2v) is 8.22. The summed E-state index contributed by atoms with van der Waals surface area (Å²) < 4.78 is 1.82. The van der Waals surface area contributed by atoms with E-state index >= 15 is 0 Å². The van der Waals surface area contributed by atoms with Gasteiger partial charge in [-0.1, -0.05) is 0 Å². The third-order valence-corrected chi connectivity index (χ3v) is 5.22. The Labute approximate surface area is 85.6 Å². The monoisotopic (exact) mass is 275 g/mol. The van der Waals surface area contributed by atoms with Crippen molar-refractivity contribution in [1.82, 2.24) is 0 Å². The molecule has 0 radical (unpaired) electrons. The summed E-state index contributed by atoms with van der Waals surface area (Å²) in [4.78, 5) is 0. The van der Waals surface area contributed by atoms with Crippen LogP contribution in [0.25, 0.3) is 0 Å². The molecule has 0 aliphatic rings. The van der Waals surface area contributed by atoms with Gasteiger partial charge in [0.2, 0.25) is 0 Å². The average Bonchev–Trinajstić information content (AvgIpc) is 2.06. The molecule has 68 valence electrons. The topological polar surface area (TPSA) is 0 Å². The van der Waals surface area contributed by atoms with Crippen LogP contribution in [0.15, 0.2) is 30.3 Å². The zero-order chi connectivity index (χ0) is 9.03. The molecule has 1 heteroatoms. The van der Waals surface area contributed by atoms with Gasteiger partial charge in [0.1, 0.15) is 0 Å². The predicted octanol–water partition coefficient (Wildman–Crippen LogP) is 0.0306. The van der Waals surface area contributed by atoms with Gasteiger partial charge in [0.25, 0.3) is 0 Å². The third kappa shape index (κ3) is 2.47. The molecule has 0 unspecified atom stereocenters. The first-order valence-corrected chi connectivity index (χ1v) is 6.93. The van der Waals surface area contributed by atoms with Gasteiger partial charge >= 0.3 is 85.7 Å². The van der Waals surface area contributed by atoms with E-state index < -0.39 is 0 Å². The summed E-state index contributed by atoms with van der Waals surface area (Å²) in [6.45, 7) is 7.01. The van der Waals surface area contributed by atoms with E-state index in [4.69, 9.17) is 0 Å². The summed E-state index contributed by atoms with van der Waals surface area (Å²) in [5, 5.41) is 0. The molecule has 0 aliphatic heterocycles. The number of benzene rings is 1. The number of rotatable bonds is 3. The van der Waals surface area contributed by atoms with E-state index in [-0.39, 0.29) is 0 Å². The third-order valence-electron chi connectivity index (χ3n) is 1.93. The summed E-state index contributed by atoms with van der Waals surface area (Å²) in [7, 11) is 0. The quantitative estimate of drug-likeness (QED) is 0.539. The molecule has 12 heavy (non-hydrogen) atoms. The number of hydrogen-bond donors (Lipinski definition) is 0. The van der Waals surface area contributed by atoms with E-state index in [1.54, 1.807) is 0 Å². The second-order valence-electron chi connectivity index (χ2n) is 3.24. The molecule has 0 N–H and O–H groups in total. The predicted molar refractivity (Wildman–Crippen MR) is 50.0 cm³/mol. The van der Waals surface area contributed by atoms with Crippen LogP contribution in [0.5, 0.6) is 0 Å². The van der Waals surface area contributed by atoms with Gasteiger partial charge in [-0.25, -0.2) is 0 Å². The van der Waals surface area contributed by atoms with Crippen molar-refractivity contribution in [3.63, 3.8) is 0 Å². The van der Waals surface area contributed by atoms with Gasteiger partial charge in [0, 0.05) is 0 Å². The molecule has 0 aliphatic carbocycles. The van der Waals surface area contributed by atoms with Gasteiger partial charge in [-0.2, -0.15) is 0 Å². The molecular weight excluding hydrogens is 259 g/mol. The Morgan fingerprint density at radius 2 is 1.75 bits per heavy atom. The summed E-state index contributed by atoms with van der Waals surface area (Å²) in [6, 6.07) is 10.8. The minimum absolute atomic E-state index is 0.303. The molecule has 0 amide bonds. The summed E-state index contributed by atoms with van der Waals surface area (Å²) in [6.07, 6.45) is 0. The Kier molecular flexibility index (Phi) is 3.56. The van der Waals surface area contributed by atoms with Crippen LogP contribution in [0.4, 0.5) is 0 Å². The SMILES string of the molecule is CC[I-]C(C)(C)c1ccccc1. The molecule has 0 atom stereocenters. The molecule has 1 aromatic rings. The average molecular weight is 275 g/mol. The van der Waals surface area contributed by atoms with Gasteiger partial charge in [-0.15, -0.1) is 0 Å². The van der Waals surface area contributed by atoms with Crippen LogP contribution in [-0.2, 0) is 3.42 Å². The van der Waals surface area contributed by atoms with Gasteiger partial charge in [-0.3, -0.25) is 0 Å². The van der Waals surface area contributed by atoms with Gasteiger partial charge in [0.15, 0.2) is 0 Å². The van der Waals surface area contributed by atoms with Crippen LogP contribution in [0.3, 0.4) is 0 Å². The summed E-state index contributed by atoms with van der Waals surface area (Å²) >= 11 is 0.303. The van der Waals surface area contributed by atoms with E-state index in [0.29, 0.717) is 24.6 Å². The van der Waals surface area contributed by atoms with Crippen molar-refractivity contribution in [2.45, 2.75) is 24.2 Å². The van der Waals surface area contributed by atoms with E-state index in [2.05, 4.69) is 51.1 Å². The van der Waals surface area contributed by atoms with Crippen molar-refractivity contribution in [2.24, 2.45) is 0 Å². The fourth-order valence-corrected chi connectivity index (χ4v) is 3.95. The molecule has 0 heterocycles. The van der Waals surface area contributed by atoms with Crippen LogP contribution < -0.4 is 21.2 Å². The second kappa shape index (κ2) is 4.26. The van der Waals surface area contributed by atoms with E-state index in [9.17, 15) is 0 Å². The van der Waals surface area contributed by atoms with Crippen molar-refractivity contribution in [2.75, 3.05) is 4.43 Å². The van der Waals surface area contributed by atoms with E-state index in [1.165, 1.54) is 9.99 Å². The molecule has 0 nitrogen and oxygen atoms in total. The van der Waals surface area contributed by atoms with Crippen LogP contribution in [0.1, 0.15) is 26.3 Å². The Morgan fingerprint density at radius 1 is 1.17 bits per heavy atom. The molecule has 0 saturated heterocycles. The fourth-order valence-electron chi connectivity index (χ4n) is 1.25. The first-order chi connectivity index (χ1) is 5.67. The standard InChI is InChI=1S/C11H16I/c1-4-12-11(2,3)10-8-6-5-7-9-10/h5-9H,4H2,1-3H3/q-1. The molecular formula is C11H16I-. The fraction of sp³-hybridized carbons (Fsp3) is 0.455. The number of alkyl halides is 2. The van der Waals surface area contributed by atoms with Crippen LogP contribution in [0.2, 0.25) is 0 Å². The van der Waals surface area contributed by atoms with Gasteiger partial charge < -0.3 is 0 Å². The first-order valence-electron chi connectivity index (χ1n) is 4.32. The molecule has 1 rings (SSSR count). The van der Waals surface area contributed by atoms with Gasteiger partial charge in [0.05, 0.1) is 0 Å². The molecule has 0 saturated carbocycles. The zero-order valence-corrected chi connectivity index (χ0v) is 10.1. The van der Waals surface area contributed by atoms with Crippen molar-refractivity contribution in [3.8, 4) is 0 Å². The van der Waals surface area contributed by atoms with Crippen LogP contribution in [-0.4, -0.2) is 4.43 Å². The Bertz CT molecular complexity index is 226. The molecule has 0 fully saturated rings. The van der Waals surface area contributed by atoms with E-state index in [1.807, 2.05) is 0 Å². The molecule has 0 spiro atoms. The maximum atomic E-state index is 2.36. The molecule has 0 bridgehead atoms. The Balaban J connectivity index is 2.82. The molecule has 0 aromatic heterocycles. The first kappa shape index (κ1) is 10.0. The zero-order valence-electron chi connectivity index (χ0n) is 7.97. The Hall–Kier alpha value is -0.0500. The maximum absolute atomic E-state index is 2.36. The molecule has 1 aromatic carbocycles. The van der Waals surface area contributed by atoms with Crippen molar-refractivity contribution in [3.05, 3.63) is 35.9 Å². The van der Waals surface area contributed by atoms with Crippen LogP contribution >= 0.6 is 0 Å². The normalized spacial score (nSPS) is 11.9. The van der Waals surface area contributed by atoms with Crippen molar-refractivity contribution >= 4 is 0 Å². The van der Waals surface area contributed by atoms with Crippen molar-refractivity contribution in [1.29, 1.82) is 0 Å². The van der Waals surface area contributed by atoms with E-state index in [0.717, 1.165) is 0 Å². The summed E-state index contributed by atoms with van der Waals surface area (Å²) in [5.41, 5.74) is 1.50. The number of hydrogen-bond acceptors (Lipinski definition) is 0. The summed E-state index contributed by atoms with van der Waals surface area (Å²) in [5.74, 6) is 0. The number of halogens is 1. The van der Waals surface area contributed by atoms with Crippen LogP contribution in [0, 0.1) is 0 Å². The van der Waals surface area contributed by atoms with Crippen molar-refractivity contribution < 1.29 is 21.2 Å². The van der Waals surface area contributed by atoms with Gasteiger partial charge in [-0.05, 0) is 0 Å². The minimum atomic E-state index is 0.303.